The maximum absolute atomic E-state index is 9.90. The summed E-state index contributed by atoms with van der Waals surface area (Å²) in [5.41, 5.74) is 1.94. The van der Waals surface area contributed by atoms with Gasteiger partial charge in [-0.2, -0.15) is 0 Å². The molecule has 2 atom stereocenters. The zero-order chi connectivity index (χ0) is 13.2. The Labute approximate surface area is 116 Å². The average molecular weight is 286 g/mol. The highest BCUT2D eigenvalue weighted by Gasteiger charge is 2.26. The number of anilines is 1. The second kappa shape index (κ2) is 5.58. The van der Waals surface area contributed by atoms with Crippen molar-refractivity contribution < 1.29 is 14.6 Å². The maximum atomic E-state index is 9.90. The summed E-state index contributed by atoms with van der Waals surface area (Å²) in [6.45, 7) is 2.11. The minimum absolute atomic E-state index is 0.0591. The van der Waals surface area contributed by atoms with Gasteiger partial charge in [0.05, 0.1) is 32.0 Å². The topological polar surface area (TPSA) is 76.5 Å². The molecule has 2 aliphatic heterocycles. The van der Waals surface area contributed by atoms with Crippen molar-refractivity contribution in [3.05, 3.63) is 16.3 Å². The average Bonchev–Trinajstić information content (AvgIpc) is 2.44. The standard InChI is InChI=1S/C12H16ClN3O3/c13-11-8-5-18-3-1-7(8)12(16-15-11)14-9-2-4-19-6-10(9)17/h9-10,17H,1-6H2,(H,14,16)/t9-,10-/m1/s1. The predicted octanol–water partition coefficient (Wildman–Crippen LogP) is 0.764. The normalized spacial score (nSPS) is 26.8. The lowest BCUT2D eigenvalue weighted by atomic mass is 10.0. The Hall–Kier alpha value is -0.950. The van der Waals surface area contributed by atoms with E-state index in [0.29, 0.717) is 37.4 Å². The fraction of sp³-hybridized carbons (Fsp3) is 0.667. The number of nitrogens with zero attached hydrogens (tertiary/aromatic N) is 2. The number of aliphatic hydroxyl groups excluding tert-OH is 1. The molecule has 0 radical (unpaired) electrons. The first-order valence-electron chi connectivity index (χ1n) is 6.39. The predicted molar refractivity (Wildman–Crippen MR) is 69.3 cm³/mol. The van der Waals surface area contributed by atoms with Crippen LogP contribution in [0.2, 0.25) is 5.15 Å². The minimum Gasteiger partial charge on any atom is -0.389 e. The molecule has 0 saturated carbocycles. The molecule has 0 bridgehead atoms. The highest BCUT2D eigenvalue weighted by atomic mass is 35.5. The Morgan fingerprint density at radius 1 is 1.21 bits per heavy atom. The second-order valence-electron chi connectivity index (χ2n) is 4.78. The molecule has 1 saturated heterocycles. The molecule has 7 heteroatoms. The van der Waals surface area contributed by atoms with Crippen molar-refractivity contribution in [3.8, 4) is 0 Å². The second-order valence-corrected chi connectivity index (χ2v) is 5.14. The van der Waals surface area contributed by atoms with Gasteiger partial charge in [0.1, 0.15) is 0 Å². The van der Waals surface area contributed by atoms with Crippen LogP contribution < -0.4 is 5.32 Å². The fourth-order valence-corrected chi connectivity index (χ4v) is 2.64. The molecular formula is C12H16ClN3O3. The van der Waals surface area contributed by atoms with Gasteiger partial charge < -0.3 is 19.9 Å². The van der Waals surface area contributed by atoms with Crippen LogP contribution in [0.3, 0.4) is 0 Å². The number of hydrogen-bond acceptors (Lipinski definition) is 6. The number of ether oxygens (including phenoxy) is 2. The maximum Gasteiger partial charge on any atom is 0.157 e. The van der Waals surface area contributed by atoms with Gasteiger partial charge in [-0.1, -0.05) is 11.6 Å². The molecule has 2 aliphatic rings. The van der Waals surface area contributed by atoms with E-state index in [1.807, 2.05) is 0 Å². The Morgan fingerprint density at radius 2 is 2.11 bits per heavy atom. The van der Waals surface area contributed by atoms with E-state index in [1.54, 1.807) is 0 Å². The third-order valence-electron chi connectivity index (χ3n) is 3.53. The SMILES string of the molecule is O[C@@H]1COCC[C@H]1Nc1nnc(Cl)c2c1CCOC2. The molecule has 0 unspecified atom stereocenters. The lowest BCUT2D eigenvalue weighted by Crippen LogP contribution is -2.42. The van der Waals surface area contributed by atoms with Gasteiger partial charge in [-0.25, -0.2) is 0 Å². The van der Waals surface area contributed by atoms with Crippen molar-refractivity contribution in [2.24, 2.45) is 0 Å². The van der Waals surface area contributed by atoms with Crippen LogP contribution in [-0.4, -0.2) is 47.3 Å². The first kappa shape index (κ1) is 13.1. The van der Waals surface area contributed by atoms with Gasteiger partial charge in [0.15, 0.2) is 11.0 Å². The quantitative estimate of drug-likeness (QED) is 0.836. The smallest absolute Gasteiger partial charge is 0.157 e. The van der Waals surface area contributed by atoms with Crippen LogP contribution >= 0.6 is 11.6 Å². The molecule has 1 fully saturated rings. The van der Waals surface area contributed by atoms with E-state index in [2.05, 4.69) is 15.5 Å². The van der Waals surface area contributed by atoms with Gasteiger partial charge in [-0.05, 0) is 12.8 Å². The van der Waals surface area contributed by atoms with Crippen molar-refractivity contribution in [2.75, 3.05) is 25.1 Å². The third kappa shape index (κ3) is 2.67. The van der Waals surface area contributed by atoms with Crippen LogP contribution in [0.1, 0.15) is 17.5 Å². The molecule has 19 heavy (non-hydrogen) atoms. The summed E-state index contributed by atoms with van der Waals surface area (Å²) < 4.78 is 10.6. The van der Waals surface area contributed by atoms with E-state index in [0.717, 1.165) is 24.0 Å². The summed E-state index contributed by atoms with van der Waals surface area (Å²) >= 11 is 6.03. The molecule has 0 amide bonds. The monoisotopic (exact) mass is 285 g/mol. The largest absolute Gasteiger partial charge is 0.389 e. The first-order valence-corrected chi connectivity index (χ1v) is 6.77. The number of hydrogen-bond donors (Lipinski definition) is 2. The minimum atomic E-state index is -0.526. The summed E-state index contributed by atoms with van der Waals surface area (Å²) in [4.78, 5) is 0. The highest BCUT2D eigenvalue weighted by Crippen LogP contribution is 2.28. The van der Waals surface area contributed by atoms with Crippen LogP contribution in [0.5, 0.6) is 0 Å². The van der Waals surface area contributed by atoms with Crippen LogP contribution in [0.25, 0.3) is 0 Å². The number of fused-ring (bicyclic) bond motifs is 1. The summed E-state index contributed by atoms with van der Waals surface area (Å²) in [5.74, 6) is 0.702. The molecule has 3 rings (SSSR count). The van der Waals surface area contributed by atoms with Crippen molar-refractivity contribution in [1.29, 1.82) is 0 Å². The number of aliphatic hydroxyl groups is 1. The molecule has 1 aromatic heterocycles. The van der Waals surface area contributed by atoms with Crippen LogP contribution in [0.15, 0.2) is 0 Å². The lowest BCUT2D eigenvalue weighted by molar-refractivity contribution is -0.0135. The van der Waals surface area contributed by atoms with E-state index >= 15 is 0 Å². The summed E-state index contributed by atoms with van der Waals surface area (Å²) in [7, 11) is 0. The molecule has 104 valence electrons. The van der Waals surface area contributed by atoms with Crippen LogP contribution in [-0.2, 0) is 22.5 Å². The number of aromatic nitrogens is 2. The third-order valence-corrected chi connectivity index (χ3v) is 3.83. The summed E-state index contributed by atoms with van der Waals surface area (Å²) in [5, 5.41) is 21.6. The van der Waals surface area contributed by atoms with E-state index in [4.69, 9.17) is 21.1 Å². The lowest BCUT2D eigenvalue weighted by Gasteiger charge is -2.30. The highest BCUT2D eigenvalue weighted by molar-refractivity contribution is 6.30. The Bertz CT molecular complexity index is 472. The van der Waals surface area contributed by atoms with Gasteiger partial charge in [0.2, 0.25) is 0 Å². The van der Waals surface area contributed by atoms with Gasteiger partial charge in [0.25, 0.3) is 0 Å². The summed E-state index contributed by atoms with van der Waals surface area (Å²) in [6.07, 6.45) is 0.977. The van der Waals surface area contributed by atoms with E-state index in [-0.39, 0.29) is 6.04 Å². The fourth-order valence-electron chi connectivity index (χ4n) is 2.43. The first-order chi connectivity index (χ1) is 9.25. The van der Waals surface area contributed by atoms with Gasteiger partial charge >= 0.3 is 0 Å². The van der Waals surface area contributed by atoms with Gasteiger partial charge in [-0.3, -0.25) is 0 Å². The number of halogens is 1. The molecule has 1 aromatic rings. The van der Waals surface area contributed by atoms with Crippen molar-refractivity contribution in [1.82, 2.24) is 10.2 Å². The Morgan fingerprint density at radius 3 is 2.95 bits per heavy atom. The molecule has 0 aromatic carbocycles. The van der Waals surface area contributed by atoms with E-state index in [1.165, 1.54) is 0 Å². The molecule has 0 spiro atoms. The van der Waals surface area contributed by atoms with Crippen molar-refractivity contribution >= 4 is 17.4 Å². The van der Waals surface area contributed by atoms with Crippen molar-refractivity contribution in [2.45, 2.75) is 31.6 Å². The molecule has 6 nitrogen and oxygen atoms in total. The number of rotatable bonds is 2. The number of nitrogens with one attached hydrogen (secondary N) is 1. The Balaban J connectivity index is 1.84. The zero-order valence-corrected chi connectivity index (χ0v) is 11.2. The molecule has 3 heterocycles. The molecule has 2 N–H and O–H groups in total. The van der Waals surface area contributed by atoms with Gasteiger partial charge in [0, 0.05) is 17.7 Å². The summed E-state index contributed by atoms with van der Waals surface area (Å²) in [6, 6.07) is -0.0591. The van der Waals surface area contributed by atoms with E-state index < -0.39 is 6.10 Å². The van der Waals surface area contributed by atoms with E-state index in [9.17, 15) is 5.11 Å². The molecular weight excluding hydrogens is 270 g/mol. The van der Waals surface area contributed by atoms with Crippen molar-refractivity contribution in [3.63, 3.8) is 0 Å². The molecule has 0 aliphatic carbocycles. The van der Waals surface area contributed by atoms with Crippen LogP contribution in [0.4, 0.5) is 5.82 Å². The van der Waals surface area contributed by atoms with Crippen LogP contribution in [0, 0.1) is 0 Å². The van der Waals surface area contributed by atoms with Gasteiger partial charge in [-0.15, -0.1) is 10.2 Å². The Kier molecular flexibility index (Phi) is 3.83. The zero-order valence-electron chi connectivity index (χ0n) is 10.4.